The third-order valence-corrected chi connectivity index (χ3v) is 6.33. The van der Waals surface area contributed by atoms with Gasteiger partial charge in [-0.05, 0) is 31.5 Å². The maximum Gasteiger partial charge on any atom is 0.296 e. The molecule has 10 nitrogen and oxygen atoms in total. The minimum atomic E-state index is -0.476. The summed E-state index contributed by atoms with van der Waals surface area (Å²) in [5.41, 5.74) is 3.24. The van der Waals surface area contributed by atoms with Gasteiger partial charge < -0.3 is 34.3 Å². The summed E-state index contributed by atoms with van der Waals surface area (Å²) in [4.78, 5) is 35.2. The van der Waals surface area contributed by atoms with Gasteiger partial charge in [-0.25, -0.2) is 4.98 Å². The van der Waals surface area contributed by atoms with Crippen molar-refractivity contribution in [1.82, 2.24) is 9.88 Å². The summed E-state index contributed by atoms with van der Waals surface area (Å²) in [6.07, 6.45) is 3.24. The normalized spacial score (nSPS) is 17.2. The van der Waals surface area contributed by atoms with Crippen molar-refractivity contribution in [2.24, 2.45) is 0 Å². The fraction of sp³-hybridized carbons (Fsp3) is 0.320. The number of carbonyl (C=O) groups excluding carboxylic acids is 2. The molecule has 2 aliphatic rings. The van der Waals surface area contributed by atoms with Crippen LogP contribution in [0.5, 0.6) is 5.75 Å². The van der Waals surface area contributed by atoms with Gasteiger partial charge in [0.25, 0.3) is 11.8 Å². The Bertz CT molecular complexity index is 1290. The van der Waals surface area contributed by atoms with Crippen LogP contribution in [0.2, 0.25) is 0 Å². The Morgan fingerprint density at radius 3 is 2.77 bits per heavy atom. The minimum absolute atomic E-state index is 0.137. The van der Waals surface area contributed by atoms with E-state index >= 15 is 0 Å². The van der Waals surface area contributed by atoms with Crippen LogP contribution in [0.25, 0.3) is 0 Å². The van der Waals surface area contributed by atoms with E-state index in [0.29, 0.717) is 60.3 Å². The molecule has 1 saturated heterocycles. The molecular weight excluding hydrogens is 450 g/mol. The first kappa shape index (κ1) is 22.7. The number of likely N-dealkylation sites (tertiary alicyclic amines) is 1. The van der Waals surface area contributed by atoms with Crippen molar-refractivity contribution in [3.63, 3.8) is 0 Å². The van der Waals surface area contributed by atoms with Gasteiger partial charge in [0.2, 0.25) is 5.76 Å². The summed E-state index contributed by atoms with van der Waals surface area (Å²) in [7, 11) is 3.55. The Morgan fingerprint density at radius 1 is 1.20 bits per heavy atom. The molecule has 10 heteroatoms. The van der Waals surface area contributed by atoms with Gasteiger partial charge in [-0.3, -0.25) is 9.59 Å². The predicted octanol–water partition coefficient (Wildman–Crippen LogP) is 3.38. The topological polar surface area (TPSA) is 111 Å². The Kier molecular flexibility index (Phi) is 5.81. The van der Waals surface area contributed by atoms with Crippen molar-refractivity contribution in [2.75, 3.05) is 48.9 Å². The molecule has 5 rings (SSSR count). The molecule has 182 valence electrons. The van der Waals surface area contributed by atoms with Crippen LogP contribution in [0.4, 0.5) is 28.6 Å². The smallest absolute Gasteiger partial charge is 0.296 e. The third kappa shape index (κ3) is 4.06. The Morgan fingerprint density at radius 2 is 2.03 bits per heavy atom. The van der Waals surface area contributed by atoms with E-state index in [9.17, 15) is 14.7 Å². The van der Waals surface area contributed by atoms with Crippen LogP contribution in [0, 0.1) is 0 Å². The highest BCUT2D eigenvalue weighted by atomic mass is 16.5. The van der Waals surface area contributed by atoms with E-state index in [0.717, 1.165) is 5.69 Å². The van der Waals surface area contributed by atoms with Crippen LogP contribution in [0.1, 0.15) is 34.3 Å². The van der Waals surface area contributed by atoms with Gasteiger partial charge in [0, 0.05) is 44.9 Å². The van der Waals surface area contributed by atoms with Crippen molar-refractivity contribution in [3.8, 4) is 5.75 Å². The largest absolute Gasteiger partial charge is 0.492 e. The monoisotopic (exact) mass is 477 g/mol. The number of hydrogen-bond acceptors (Lipinski definition) is 8. The molecule has 0 unspecified atom stereocenters. The van der Waals surface area contributed by atoms with Gasteiger partial charge in [-0.1, -0.05) is 0 Å². The quantitative estimate of drug-likeness (QED) is 0.575. The van der Waals surface area contributed by atoms with Crippen LogP contribution < -0.4 is 19.9 Å². The first-order chi connectivity index (χ1) is 16.9. The lowest BCUT2D eigenvalue weighted by atomic mass is 10.1. The average Bonchev–Trinajstić information content (AvgIpc) is 3.51. The Hall–Kier alpha value is -4.05. The summed E-state index contributed by atoms with van der Waals surface area (Å²) in [6.45, 7) is 3.17. The molecule has 2 N–H and O–H groups in total. The number of ether oxygens (including phenoxy) is 1. The van der Waals surface area contributed by atoms with Crippen molar-refractivity contribution in [2.45, 2.75) is 19.4 Å². The van der Waals surface area contributed by atoms with Crippen LogP contribution in [-0.2, 0) is 0 Å². The molecule has 2 aliphatic heterocycles. The van der Waals surface area contributed by atoms with E-state index in [1.165, 1.54) is 11.2 Å². The lowest BCUT2D eigenvalue weighted by Crippen LogP contribution is -2.29. The van der Waals surface area contributed by atoms with E-state index in [2.05, 4.69) is 10.3 Å². The second-order valence-corrected chi connectivity index (χ2v) is 8.58. The molecule has 3 aromatic rings. The van der Waals surface area contributed by atoms with Crippen molar-refractivity contribution < 1.29 is 23.8 Å². The van der Waals surface area contributed by atoms with Crippen LogP contribution in [0.15, 0.2) is 47.2 Å². The molecule has 2 amide bonds. The molecule has 0 radical (unpaired) electrons. The lowest BCUT2D eigenvalue weighted by Gasteiger charge is -2.22. The zero-order chi connectivity index (χ0) is 24.7. The molecule has 0 bridgehead atoms. The second-order valence-electron chi connectivity index (χ2n) is 8.58. The number of nitrogens with one attached hydrogen (secondary N) is 1. The van der Waals surface area contributed by atoms with Gasteiger partial charge in [-0.15, -0.1) is 0 Å². The number of nitrogens with zero attached hydrogens (tertiary/aromatic N) is 4. The molecule has 35 heavy (non-hydrogen) atoms. The van der Waals surface area contributed by atoms with Gasteiger partial charge >= 0.3 is 0 Å². The number of hydrogen-bond donors (Lipinski definition) is 2. The first-order valence-corrected chi connectivity index (χ1v) is 11.5. The van der Waals surface area contributed by atoms with Crippen LogP contribution in [-0.4, -0.2) is 66.7 Å². The summed E-state index contributed by atoms with van der Waals surface area (Å²) in [6, 6.07) is 8.83. The summed E-state index contributed by atoms with van der Waals surface area (Å²) in [5.74, 6) is 0.953. The SMILES string of the molecule is CCOc1cc(C(=O)N2CC[C@@H](O)C2)ccc1Nc1cc2c(cn1)N(C)C(=O)c1occc1N2C. The van der Waals surface area contributed by atoms with Crippen molar-refractivity contribution in [3.05, 3.63) is 54.1 Å². The molecule has 1 fully saturated rings. The average molecular weight is 478 g/mol. The van der Waals surface area contributed by atoms with Crippen LogP contribution >= 0.6 is 0 Å². The first-order valence-electron chi connectivity index (χ1n) is 11.5. The molecule has 1 aromatic carbocycles. The van der Waals surface area contributed by atoms with Crippen LogP contribution in [0.3, 0.4) is 0 Å². The molecular formula is C25H27N5O5. The number of rotatable bonds is 5. The molecule has 4 heterocycles. The number of furan rings is 1. The molecule has 1 atom stereocenters. The number of aromatic nitrogens is 1. The summed E-state index contributed by atoms with van der Waals surface area (Å²) in [5, 5.41) is 13.1. The van der Waals surface area contributed by atoms with E-state index in [4.69, 9.17) is 9.15 Å². The molecule has 0 aliphatic carbocycles. The second kappa shape index (κ2) is 8.95. The fourth-order valence-corrected chi connectivity index (χ4v) is 4.43. The Balaban J connectivity index is 1.45. The number of anilines is 5. The van der Waals surface area contributed by atoms with E-state index < -0.39 is 6.10 Å². The number of aliphatic hydroxyl groups excluding tert-OH is 1. The third-order valence-electron chi connectivity index (χ3n) is 6.33. The number of fused-ring (bicyclic) bond motifs is 2. The predicted molar refractivity (Wildman–Crippen MR) is 131 cm³/mol. The molecule has 0 saturated carbocycles. The lowest BCUT2D eigenvalue weighted by molar-refractivity contribution is 0.0764. The number of aliphatic hydroxyl groups is 1. The fourth-order valence-electron chi connectivity index (χ4n) is 4.43. The maximum atomic E-state index is 12.9. The van der Waals surface area contributed by atoms with Gasteiger partial charge in [0.05, 0.1) is 47.9 Å². The highest BCUT2D eigenvalue weighted by Gasteiger charge is 2.31. The highest BCUT2D eigenvalue weighted by Crippen LogP contribution is 2.41. The van der Waals surface area contributed by atoms with Gasteiger partial charge in [0.15, 0.2) is 0 Å². The zero-order valence-corrected chi connectivity index (χ0v) is 19.8. The number of pyridine rings is 1. The number of amides is 2. The van der Waals surface area contributed by atoms with E-state index in [1.807, 2.05) is 24.9 Å². The van der Waals surface area contributed by atoms with Gasteiger partial charge in [0.1, 0.15) is 11.6 Å². The number of β-amino-alcohol motifs (C(OH)–C–C–N with tert-alkyl or cyclic N) is 1. The minimum Gasteiger partial charge on any atom is -0.492 e. The number of carbonyl (C=O) groups is 2. The van der Waals surface area contributed by atoms with E-state index in [-0.39, 0.29) is 17.6 Å². The summed E-state index contributed by atoms with van der Waals surface area (Å²) < 4.78 is 11.3. The van der Waals surface area contributed by atoms with Crippen molar-refractivity contribution >= 4 is 40.4 Å². The molecule has 0 spiro atoms. The molecule has 2 aromatic heterocycles. The Labute approximate surface area is 202 Å². The summed E-state index contributed by atoms with van der Waals surface area (Å²) >= 11 is 0. The highest BCUT2D eigenvalue weighted by molar-refractivity contribution is 6.11. The van der Waals surface area contributed by atoms with Crippen molar-refractivity contribution in [1.29, 1.82) is 0 Å². The standard InChI is InChI=1S/C25H27N5O5/c1-4-34-21-11-15(24(32)30-9-7-16(31)14-30)5-6-17(21)27-22-12-19-20(13-26-22)29(3)25(33)23-18(28(19)2)8-10-35-23/h5-6,8,10-13,16,31H,4,7,9,14H2,1-3H3,(H,26,27)/t16-/m1/s1. The zero-order valence-electron chi connectivity index (χ0n) is 19.8. The van der Waals surface area contributed by atoms with Gasteiger partial charge in [-0.2, -0.15) is 0 Å². The maximum absolute atomic E-state index is 12.9. The number of benzene rings is 1. The van der Waals surface area contributed by atoms with E-state index in [1.54, 1.807) is 42.4 Å².